The zero-order chi connectivity index (χ0) is 20.6. The van der Waals surface area contributed by atoms with E-state index in [1.54, 1.807) is 31.2 Å². The van der Waals surface area contributed by atoms with Crippen LogP contribution in [0.4, 0.5) is 24.5 Å². The van der Waals surface area contributed by atoms with E-state index in [9.17, 15) is 18.0 Å². The third-order valence-corrected chi connectivity index (χ3v) is 3.12. The molecule has 0 N–H and O–H groups in total. The monoisotopic (exact) mass is 394 g/mol. The summed E-state index contributed by atoms with van der Waals surface area (Å²) in [5.41, 5.74) is 1.21. The second-order valence-corrected chi connectivity index (χ2v) is 5.50. The molecule has 0 unspecified atom stereocenters. The maximum atomic E-state index is 12.1. The van der Waals surface area contributed by atoms with E-state index in [2.05, 4.69) is 21.5 Å². The molecule has 28 heavy (non-hydrogen) atoms. The number of azo groups is 1. The number of hydrogen-bond acceptors (Lipinski definition) is 6. The molecule has 2 aromatic rings. The van der Waals surface area contributed by atoms with Gasteiger partial charge in [0.15, 0.2) is 0 Å². The molecule has 148 valence electrons. The Hall–Kier alpha value is -3.36. The minimum atomic E-state index is -4.74. The Morgan fingerprint density at radius 1 is 0.929 bits per heavy atom. The summed E-state index contributed by atoms with van der Waals surface area (Å²) in [6, 6.07) is 11.6. The van der Waals surface area contributed by atoms with Gasteiger partial charge in [-0.1, -0.05) is 6.58 Å². The Balaban J connectivity index is 1.83. The van der Waals surface area contributed by atoms with Crippen molar-refractivity contribution in [1.29, 1.82) is 0 Å². The minimum Gasteiger partial charge on any atom is -0.490 e. The van der Waals surface area contributed by atoms with Crippen molar-refractivity contribution in [2.24, 2.45) is 10.2 Å². The van der Waals surface area contributed by atoms with Gasteiger partial charge in [-0.15, -0.1) is 13.2 Å². The first-order valence-electron chi connectivity index (χ1n) is 8.06. The number of ether oxygens (including phenoxy) is 3. The van der Waals surface area contributed by atoms with E-state index in [0.717, 1.165) is 12.1 Å². The van der Waals surface area contributed by atoms with Gasteiger partial charge < -0.3 is 14.2 Å². The maximum absolute atomic E-state index is 12.1. The van der Waals surface area contributed by atoms with Gasteiger partial charge in [0, 0.05) is 5.57 Å². The van der Waals surface area contributed by atoms with E-state index in [-0.39, 0.29) is 19.0 Å². The third kappa shape index (κ3) is 7.48. The smallest absolute Gasteiger partial charge is 0.490 e. The van der Waals surface area contributed by atoms with Crippen molar-refractivity contribution in [3.8, 4) is 11.5 Å². The predicted octanol–water partition coefficient (Wildman–Crippen LogP) is 5.50. The molecule has 0 saturated carbocycles. The normalized spacial score (nSPS) is 11.3. The molecule has 0 bridgehead atoms. The summed E-state index contributed by atoms with van der Waals surface area (Å²) < 4.78 is 50.4. The van der Waals surface area contributed by atoms with Gasteiger partial charge in [-0.3, -0.25) is 0 Å². The second kappa shape index (κ2) is 9.54. The summed E-state index contributed by atoms with van der Waals surface area (Å²) in [6.07, 6.45) is -4.74. The van der Waals surface area contributed by atoms with Gasteiger partial charge in [0.1, 0.15) is 24.7 Å². The highest BCUT2D eigenvalue weighted by Gasteiger charge is 2.30. The fourth-order valence-corrected chi connectivity index (χ4v) is 1.86. The Bertz CT molecular complexity index is 832. The first-order valence-corrected chi connectivity index (χ1v) is 8.06. The average molecular weight is 394 g/mol. The van der Waals surface area contributed by atoms with Crippen LogP contribution in [0, 0.1) is 0 Å². The standard InChI is InChI=1S/C19H17F3N2O4/c1-13(2)18(25)27-12-11-26-16-7-3-14(4-8-16)23-24-15-5-9-17(10-6-15)28-19(20,21)22/h3-10H,1,11-12H2,2H3. The minimum absolute atomic E-state index is 0.0984. The molecule has 2 rings (SSSR count). The van der Waals surface area contributed by atoms with Gasteiger partial charge in [0.2, 0.25) is 0 Å². The molecule has 0 aliphatic rings. The number of carbonyl (C=O) groups is 1. The first-order chi connectivity index (χ1) is 13.2. The van der Waals surface area contributed by atoms with Gasteiger partial charge in [-0.05, 0) is 55.5 Å². The summed E-state index contributed by atoms with van der Waals surface area (Å²) in [6.45, 7) is 5.32. The largest absolute Gasteiger partial charge is 0.573 e. The van der Waals surface area contributed by atoms with Crippen molar-refractivity contribution in [2.45, 2.75) is 13.3 Å². The van der Waals surface area contributed by atoms with Crippen LogP contribution < -0.4 is 9.47 Å². The Morgan fingerprint density at radius 3 is 1.89 bits per heavy atom. The lowest BCUT2D eigenvalue weighted by Crippen LogP contribution is -2.16. The third-order valence-electron chi connectivity index (χ3n) is 3.12. The summed E-state index contributed by atoms with van der Waals surface area (Å²) in [5, 5.41) is 7.92. The summed E-state index contributed by atoms with van der Waals surface area (Å²) >= 11 is 0. The number of alkyl halides is 3. The van der Waals surface area contributed by atoms with Crippen molar-refractivity contribution >= 4 is 17.3 Å². The number of carbonyl (C=O) groups excluding carboxylic acids is 1. The van der Waals surface area contributed by atoms with E-state index in [1.807, 2.05) is 0 Å². The Morgan fingerprint density at radius 2 is 1.43 bits per heavy atom. The van der Waals surface area contributed by atoms with Crippen LogP contribution in [0.5, 0.6) is 11.5 Å². The van der Waals surface area contributed by atoms with Gasteiger partial charge in [-0.2, -0.15) is 10.2 Å². The molecule has 0 aliphatic heterocycles. The van der Waals surface area contributed by atoms with Gasteiger partial charge in [0.05, 0.1) is 11.4 Å². The van der Waals surface area contributed by atoms with Crippen molar-refractivity contribution in [3.63, 3.8) is 0 Å². The van der Waals surface area contributed by atoms with Crippen LogP contribution >= 0.6 is 0 Å². The van der Waals surface area contributed by atoms with Crippen molar-refractivity contribution in [2.75, 3.05) is 13.2 Å². The van der Waals surface area contributed by atoms with Crippen LogP contribution in [0.15, 0.2) is 70.9 Å². The molecule has 0 radical (unpaired) electrons. The fraction of sp³-hybridized carbons (Fsp3) is 0.211. The number of hydrogen-bond donors (Lipinski definition) is 0. The number of nitrogens with zero attached hydrogens (tertiary/aromatic N) is 2. The van der Waals surface area contributed by atoms with Crippen LogP contribution in [-0.2, 0) is 9.53 Å². The van der Waals surface area contributed by atoms with Crippen LogP contribution in [0.2, 0.25) is 0 Å². The van der Waals surface area contributed by atoms with Gasteiger partial charge in [-0.25, -0.2) is 4.79 Å². The van der Waals surface area contributed by atoms with Crippen LogP contribution in [0.1, 0.15) is 6.92 Å². The van der Waals surface area contributed by atoms with Crippen molar-refractivity contribution in [3.05, 3.63) is 60.7 Å². The Kier molecular flexibility index (Phi) is 7.14. The van der Waals surface area contributed by atoms with Crippen LogP contribution in [-0.4, -0.2) is 25.5 Å². The number of esters is 1. The second-order valence-electron chi connectivity index (χ2n) is 5.50. The number of rotatable bonds is 8. The quantitative estimate of drug-likeness (QED) is 0.257. The Labute approximate surface area is 159 Å². The highest BCUT2D eigenvalue weighted by Crippen LogP contribution is 2.26. The molecular formula is C19H17F3N2O4. The summed E-state index contributed by atoms with van der Waals surface area (Å²) in [7, 11) is 0. The maximum Gasteiger partial charge on any atom is 0.573 e. The average Bonchev–Trinajstić information content (AvgIpc) is 2.64. The molecule has 0 fully saturated rings. The highest BCUT2D eigenvalue weighted by atomic mass is 19.4. The highest BCUT2D eigenvalue weighted by molar-refractivity contribution is 5.86. The topological polar surface area (TPSA) is 69.5 Å². The molecule has 9 heteroatoms. The molecule has 0 aromatic heterocycles. The molecule has 0 atom stereocenters. The molecule has 0 aliphatic carbocycles. The van der Waals surface area contributed by atoms with E-state index < -0.39 is 12.3 Å². The molecule has 2 aromatic carbocycles. The van der Waals surface area contributed by atoms with E-state index >= 15 is 0 Å². The van der Waals surface area contributed by atoms with E-state index in [0.29, 0.717) is 22.7 Å². The lowest BCUT2D eigenvalue weighted by molar-refractivity contribution is -0.274. The van der Waals surface area contributed by atoms with E-state index in [1.165, 1.54) is 12.1 Å². The summed E-state index contributed by atoms with van der Waals surface area (Å²) in [4.78, 5) is 11.2. The molecule has 6 nitrogen and oxygen atoms in total. The SMILES string of the molecule is C=C(C)C(=O)OCCOc1ccc(N=Nc2ccc(OC(F)(F)F)cc2)cc1. The zero-order valence-electron chi connectivity index (χ0n) is 14.9. The zero-order valence-corrected chi connectivity index (χ0v) is 14.9. The molecule has 0 amide bonds. The van der Waals surface area contributed by atoms with Crippen LogP contribution in [0.25, 0.3) is 0 Å². The molecular weight excluding hydrogens is 377 g/mol. The molecule has 0 saturated heterocycles. The first kappa shape index (κ1) is 20.9. The van der Waals surface area contributed by atoms with Gasteiger partial charge >= 0.3 is 12.3 Å². The summed E-state index contributed by atoms with van der Waals surface area (Å²) in [5.74, 6) is -0.252. The number of benzene rings is 2. The number of halogens is 3. The van der Waals surface area contributed by atoms with Crippen LogP contribution in [0.3, 0.4) is 0 Å². The fourth-order valence-electron chi connectivity index (χ4n) is 1.86. The lowest BCUT2D eigenvalue weighted by Gasteiger charge is -2.08. The van der Waals surface area contributed by atoms with E-state index in [4.69, 9.17) is 9.47 Å². The lowest BCUT2D eigenvalue weighted by atomic mass is 10.3. The van der Waals surface area contributed by atoms with Gasteiger partial charge in [0.25, 0.3) is 0 Å². The van der Waals surface area contributed by atoms with Crippen molar-refractivity contribution in [1.82, 2.24) is 0 Å². The molecule has 0 spiro atoms. The predicted molar refractivity (Wildman–Crippen MR) is 95.0 cm³/mol. The van der Waals surface area contributed by atoms with Crippen molar-refractivity contribution < 1.29 is 32.2 Å². The molecule has 0 heterocycles.